The first kappa shape index (κ1) is 26.4. The van der Waals surface area contributed by atoms with E-state index in [0.29, 0.717) is 22.7 Å². The number of aryl methyl sites for hydroxylation is 1. The molecular weight excluding hydrogens is 492 g/mol. The molecule has 0 saturated heterocycles. The number of halogens is 2. The molecule has 0 fully saturated rings. The maximum absolute atomic E-state index is 14.7. The Kier molecular flexibility index (Phi) is 8.37. The van der Waals surface area contributed by atoms with Crippen molar-refractivity contribution in [3.8, 4) is 22.9 Å². The molecule has 0 unspecified atom stereocenters. The first-order valence-corrected chi connectivity index (χ1v) is 11.9. The summed E-state index contributed by atoms with van der Waals surface area (Å²) in [7, 11) is 0. The van der Waals surface area contributed by atoms with Gasteiger partial charge in [-0.1, -0.05) is 23.8 Å². The van der Waals surface area contributed by atoms with E-state index in [0.717, 1.165) is 11.8 Å². The lowest BCUT2D eigenvalue weighted by molar-refractivity contribution is -0.117. The van der Waals surface area contributed by atoms with Crippen LogP contribution in [0.2, 0.25) is 0 Å². The van der Waals surface area contributed by atoms with Crippen LogP contribution in [0.4, 0.5) is 8.78 Å². The summed E-state index contributed by atoms with van der Waals surface area (Å²) in [6, 6.07) is 13.6. The average molecular weight is 518 g/mol. The van der Waals surface area contributed by atoms with E-state index < -0.39 is 11.6 Å². The van der Waals surface area contributed by atoms with Gasteiger partial charge in [0.05, 0.1) is 17.0 Å². The first-order valence-electron chi connectivity index (χ1n) is 11.9. The van der Waals surface area contributed by atoms with Crippen molar-refractivity contribution in [1.82, 2.24) is 15.3 Å². The van der Waals surface area contributed by atoms with Crippen molar-refractivity contribution in [1.29, 1.82) is 0 Å². The highest BCUT2D eigenvalue weighted by Crippen LogP contribution is 2.27. The number of hydrogen-bond donors (Lipinski definition) is 2. The van der Waals surface area contributed by atoms with Gasteiger partial charge >= 0.3 is 0 Å². The first-order chi connectivity index (χ1) is 18.3. The lowest BCUT2D eigenvalue weighted by Gasteiger charge is -2.09. The van der Waals surface area contributed by atoms with Crippen molar-refractivity contribution in [2.75, 3.05) is 6.54 Å². The Labute approximate surface area is 217 Å². The molecule has 0 spiro atoms. The van der Waals surface area contributed by atoms with Gasteiger partial charge in [-0.05, 0) is 42.3 Å². The number of carbonyl (C=O) groups excluding carboxylic acids is 3. The van der Waals surface area contributed by atoms with Gasteiger partial charge in [0.1, 0.15) is 35.2 Å². The second-order valence-corrected chi connectivity index (χ2v) is 8.73. The summed E-state index contributed by atoms with van der Waals surface area (Å²) >= 11 is 0. The number of pyridine rings is 1. The van der Waals surface area contributed by atoms with Crippen LogP contribution in [0.5, 0.6) is 11.5 Å². The topological polar surface area (TPSA) is 101 Å². The molecule has 0 radical (unpaired) electrons. The van der Waals surface area contributed by atoms with Crippen molar-refractivity contribution >= 4 is 18.0 Å². The van der Waals surface area contributed by atoms with Crippen LogP contribution in [-0.2, 0) is 22.4 Å². The third-order valence-corrected chi connectivity index (χ3v) is 5.74. The number of ether oxygens (including phenoxy) is 1. The summed E-state index contributed by atoms with van der Waals surface area (Å²) in [6.45, 7) is 2.06. The molecule has 2 heterocycles. The van der Waals surface area contributed by atoms with Crippen LogP contribution in [0.1, 0.15) is 33.5 Å². The summed E-state index contributed by atoms with van der Waals surface area (Å²) in [4.78, 5) is 42.3. The number of carbonyl (C=O) groups is 3. The van der Waals surface area contributed by atoms with Crippen LogP contribution < -0.4 is 10.1 Å². The number of H-pyrrole nitrogens is 1. The number of hydrogen-bond acceptors (Lipinski definition) is 5. The highest BCUT2D eigenvalue weighted by molar-refractivity contribution is 5.95. The summed E-state index contributed by atoms with van der Waals surface area (Å²) in [5.41, 5.74) is 2.78. The number of nitrogens with zero attached hydrogens (tertiary/aromatic N) is 1. The van der Waals surface area contributed by atoms with E-state index in [4.69, 9.17) is 4.74 Å². The number of aromatic amines is 1. The van der Waals surface area contributed by atoms with Gasteiger partial charge in [-0.2, -0.15) is 0 Å². The Bertz CT molecular complexity index is 1480. The smallest absolute Gasteiger partial charge is 0.252 e. The van der Waals surface area contributed by atoms with Crippen molar-refractivity contribution in [2.45, 2.75) is 26.2 Å². The van der Waals surface area contributed by atoms with E-state index in [1.165, 1.54) is 30.6 Å². The molecule has 194 valence electrons. The molecule has 38 heavy (non-hydrogen) atoms. The maximum Gasteiger partial charge on any atom is 0.252 e. The van der Waals surface area contributed by atoms with Crippen LogP contribution in [0, 0.1) is 18.6 Å². The normalized spacial score (nSPS) is 10.7. The monoisotopic (exact) mass is 517 g/mol. The third kappa shape index (κ3) is 6.76. The molecule has 9 heteroatoms. The predicted molar refractivity (Wildman–Crippen MR) is 137 cm³/mol. The number of rotatable bonds is 11. The third-order valence-electron chi connectivity index (χ3n) is 5.74. The molecule has 1 amide bonds. The van der Waals surface area contributed by atoms with Crippen LogP contribution >= 0.6 is 0 Å². The molecule has 0 aliphatic carbocycles. The number of benzene rings is 2. The second-order valence-electron chi connectivity index (χ2n) is 8.73. The Morgan fingerprint density at radius 2 is 1.76 bits per heavy atom. The number of ketones is 1. The molecular formula is C29H25F2N3O4. The van der Waals surface area contributed by atoms with Crippen molar-refractivity contribution in [3.63, 3.8) is 0 Å². The zero-order valence-corrected chi connectivity index (χ0v) is 20.6. The summed E-state index contributed by atoms with van der Waals surface area (Å²) < 4.78 is 34.5. The van der Waals surface area contributed by atoms with E-state index in [1.54, 1.807) is 36.4 Å². The van der Waals surface area contributed by atoms with Gasteiger partial charge in [-0.15, -0.1) is 0 Å². The second kappa shape index (κ2) is 12.1. The van der Waals surface area contributed by atoms with E-state index in [2.05, 4.69) is 15.3 Å². The molecule has 0 bridgehead atoms. The van der Waals surface area contributed by atoms with E-state index in [-0.39, 0.29) is 54.4 Å². The van der Waals surface area contributed by atoms with E-state index >= 15 is 0 Å². The largest absolute Gasteiger partial charge is 0.457 e. The summed E-state index contributed by atoms with van der Waals surface area (Å²) in [6.07, 6.45) is 3.72. The molecule has 2 aromatic heterocycles. The van der Waals surface area contributed by atoms with Crippen LogP contribution in [-0.4, -0.2) is 34.5 Å². The van der Waals surface area contributed by atoms with Gasteiger partial charge in [-0.25, -0.2) is 8.78 Å². The molecule has 0 saturated carbocycles. The fourth-order valence-corrected chi connectivity index (χ4v) is 3.84. The number of aromatic nitrogens is 2. The summed E-state index contributed by atoms with van der Waals surface area (Å²) in [5, 5.41) is 2.64. The predicted octanol–water partition coefficient (Wildman–Crippen LogP) is 5.13. The molecule has 7 nitrogen and oxygen atoms in total. The lowest BCUT2D eigenvalue weighted by atomic mass is 10.0. The number of Topliss-reactive ketones (excluding diaryl/α,β-unsaturated/α-hetero) is 1. The van der Waals surface area contributed by atoms with Gasteiger partial charge in [0.2, 0.25) is 0 Å². The van der Waals surface area contributed by atoms with Crippen molar-refractivity contribution in [2.24, 2.45) is 0 Å². The van der Waals surface area contributed by atoms with Gasteiger partial charge in [0.15, 0.2) is 0 Å². The zero-order valence-electron chi connectivity index (χ0n) is 20.6. The molecule has 4 aromatic rings. The maximum atomic E-state index is 14.7. The van der Waals surface area contributed by atoms with Crippen molar-refractivity contribution in [3.05, 3.63) is 101 Å². The summed E-state index contributed by atoms with van der Waals surface area (Å²) in [5.74, 6) is -1.08. The quantitative estimate of drug-likeness (QED) is 0.212. The Morgan fingerprint density at radius 1 is 0.974 bits per heavy atom. The highest BCUT2D eigenvalue weighted by Gasteiger charge is 2.14. The number of nitrogens with one attached hydrogen (secondary N) is 2. The fraction of sp³-hybridized carbons (Fsp3) is 0.172. The highest BCUT2D eigenvalue weighted by atomic mass is 19.1. The number of amides is 1. The Morgan fingerprint density at radius 3 is 2.55 bits per heavy atom. The van der Waals surface area contributed by atoms with Gasteiger partial charge < -0.3 is 19.8 Å². The molecule has 0 atom stereocenters. The molecule has 2 N–H and O–H groups in total. The molecule has 0 aliphatic heterocycles. The fourth-order valence-electron chi connectivity index (χ4n) is 3.84. The minimum atomic E-state index is -0.607. The van der Waals surface area contributed by atoms with Crippen LogP contribution in [0.25, 0.3) is 11.4 Å². The average Bonchev–Trinajstić information content (AvgIpc) is 3.39. The zero-order chi connectivity index (χ0) is 27.1. The SMILES string of the molecule is Cc1ccc(F)c(CC(=O)Cc2ccc(Oc3ccnc(-c4cc(C(=O)NCCC=O)c[nH]4)c3)cc2F)c1. The van der Waals surface area contributed by atoms with E-state index in [1.807, 2.05) is 6.92 Å². The molecule has 0 aliphatic rings. The van der Waals surface area contributed by atoms with Gasteiger partial charge in [-0.3, -0.25) is 14.6 Å². The van der Waals surface area contributed by atoms with E-state index in [9.17, 15) is 23.2 Å². The van der Waals surface area contributed by atoms with Crippen LogP contribution in [0.3, 0.4) is 0 Å². The van der Waals surface area contributed by atoms with Crippen molar-refractivity contribution < 1.29 is 27.9 Å². The number of aldehydes is 1. The molecule has 4 rings (SSSR count). The molecule has 2 aromatic carbocycles. The Hall–Kier alpha value is -4.66. The lowest BCUT2D eigenvalue weighted by Crippen LogP contribution is -2.24. The standard InChI is InChI=1S/C29H25F2N3O4/c1-18-3-6-25(30)20(11-18)13-22(36)12-19-4-5-23(15-26(19)31)38-24-7-9-32-28(16-24)27-14-21(17-34-27)29(37)33-8-2-10-35/h3-7,9-11,14-17,34H,2,8,12-13H2,1H3,(H,33,37). The Balaban J connectivity index is 1.40. The van der Waals surface area contributed by atoms with Gasteiger partial charge in [0.25, 0.3) is 5.91 Å². The minimum Gasteiger partial charge on any atom is -0.457 e. The van der Waals surface area contributed by atoms with Crippen LogP contribution in [0.15, 0.2) is 67.0 Å². The minimum absolute atomic E-state index is 0.119. The van der Waals surface area contributed by atoms with Gasteiger partial charge in [0, 0.05) is 50.3 Å².